The van der Waals surface area contributed by atoms with Gasteiger partial charge in [-0.15, -0.1) is 0 Å². The van der Waals surface area contributed by atoms with Crippen LogP contribution in [-0.4, -0.2) is 78.0 Å². The molecule has 5 aromatic carbocycles. The molecule has 0 aromatic heterocycles. The minimum Gasteiger partial charge on any atom is -0.493 e. The normalized spacial score (nSPS) is 10.5. The summed E-state index contributed by atoms with van der Waals surface area (Å²) in [4.78, 5) is 45.6. The molecule has 0 aliphatic heterocycles. The van der Waals surface area contributed by atoms with Crippen molar-refractivity contribution >= 4 is 25.1 Å². The highest BCUT2D eigenvalue weighted by molar-refractivity contribution is 5.80. The highest BCUT2D eigenvalue weighted by Gasteiger charge is 2.16. The van der Waals surface area contributed by atoms with Crippen LogP contribution in [-0.2, 0) is 0 Å². The molecule has 58 heavy (non-hydrogen) atoms. The number of carbonyl (C=O) groups is 4. The molecule has 0 bridgehead atoms. The van der Waals surface area contributed by atoms with Gasteiger partial charge in [0.2, 0.25) is 0 Å². The lowest BCUT2D eigenvalue weighted by Gasteiger charge is -2.19. The van der Waals surface area contributed by atoms with E-state index in [0.717, 1.165) is 25.1 Å². The lowest BCUT2D eigenvalue weighted by Crippen LogP contribution is -2.11. The molecule has 0 aliphatic carbocycles. The molecule has 0 N–H and O–H groups in total. The van der Waals surface area contributed by atoms with E-state index in [4.69, 9.17) is 37.9 Å². The van der Waals surface area contributed by atoms with E-state index in [0.29, 0.717) is 120 Å². The first kappa shape index (κ1) is 42.3. The third-order valence-electron chi connectivity index (χ3n) is 8.41. The van der Waals surface area contributed by atoms with Crippen LogP contribution in [0.5, 0.6) is 46.0 Å². The van der Waals surface area contributed by atoms with Crippen molar-refractivity contribution in [3.8, 4) is 46.0 Å². The van der Waals surface area contributed by atoms with E-state index < -0.39 is 0 Å². The Morgan fingerprint density at radius 3 is 0.672 bits per heavy atom. The zero-order chi connectivity index (χ0) is 40.6. The van der Waals surface area contributed by atoms with Crippen molar-refractivity contribution in [3.63, 3.8) is 0 Å². The summed E-state index contributed by atoms with van der Waals surface area (Å²) >= 11 is 0. The SMILES string of the molecule is O=Cc1ccccc1OCCCOc1cc(OCCCOc2ccccc2C=O)c(OCCCOc2ccccc2C=O)cc1OCCCOc1ccccc1C=O. The van der Waals surface area contributed by atoms with Crippen LogP contribution >= 0.6 is 0 Å². The van der Waals surface area contributed by atoms with Crippen LogP contribution in [0.1, 0.15) is 67.1 Å². The van der Waals surface area contributed by atoms with E-state index in [2.05, 4.69) is 0 Å². The number of carbonyl (C=O) groups excluding carboxylic acids is 4. The van der Waals surface area contributed by atoms with Gasteiger partial charge in [0, 0.05) is 37.8 Å². The second-order valence-electron chi connectivity index (χ2n) is 12.6. The highest BCUT2D eigenvalue weighted by Crippen LogP contribution is 2.40. The van der Waals surface area contributed by atoms with E-state index in [1.54, 1.807) is 109 Å². The molecule has 5 aromatic rings. The molecule has 0 amide bonds. The van der Waals surface area contributed by atoms with Crippen molar-refractivity contribution in [2.75, 3.05) is 52.9 Å². The molecule has 12 heteroatoms. The fraction of sp³-hybridized carbons (Fsp3) is 0.261. The summed E-state index contributed by atoms with van der Waals surface area (Å²) in [5.41, 5.74) is 1.85. The zero-order valence-corrected chi connectivity index (χ0v) is 32.1. The average Bonchev–Trinajstić information content (AvgIpc) is 3.27. The van der Waals surface area contributed by atoms with Crippen molar-refractivity contribution in [1.82, 2.24) is 0 Å². The predicted molar refractivity (Wildman–Crippen MR) is 216 cm³/mol. The third-order valence-corrected chi connectivity index (χ3v) is 8.41. The third kappa shape index (κ3) is 13.1. The molecule has 0 unspecified atom stereocenters. The lowest BCUT2D eigenvalue weighted by atomic mass is 10.2. The summed E-state index contributed by atoms with van der Waals surface area (Å²) in [6.45, 7) is 2.25. The van der Waals surface area contributed by atoms with Crippen molar-refractivity contribution in [2.24, 2.45) is 0 Å². The highest BCUT2D eigenvalue weighted by atomic mass is 16.5. The van der Waals surface area contributed by atoms with Gasteiger partial charge in [0.1, 0.15) is 23.0 Å². The van der Waals surface area contributed by atoms with Crippen LogP contribution in [0.25, 0.3) is 0 Å². The van der Waals surface area contributed by atoms with Crippen LogP contribution < -0.4 is 37.9 Å². The van der Waals surface area contributed by atoms with Crippen molar-refractivity contribution in [1.29, 1.82) is 0 Å². The van der Waals surface area contributed by atoms with Gasteiger partial charge in [-0.2, -0.15) is 0 Å². The first-order valence-corrected chi connectivity index (χ1v) is 19.0. The topological polar surface area (TPSA) is 142 Å². The molecular formula is C46H46O12. The van der Waals surface area contributed by atoms with Crippen LogP contribution in [0.4, 0.5) is 0 Å². The maximum Gasteiger partial charge on any atom is 0.165 e. The summed E-state index contributed by atoms with van der Waals surface area (Å²) < 4.78 is 48.2. The zero-order valence-electron chi connectivity index (χ0n) is 32.1. The quantitative estimate of drug-likeness (QED) is 0.0355. The van der Waals surface area contributed by atoms with E-state index in [1.807, 2.05) is 0 Å². The Morgan fingerprint density at radius 2 is 0.466 bits per heavy atom. The molecule has 12 nitrogen and oxygen atoms in total. The summed E-state index contributed by atoms with van der Waals surface area (Å²) in [6, 6.07) is 31.4. The number of benzene rings is 5. The van der Waals surface area contributed by atoms with Gasteiger partial charge in [-0.05, 0) is 48.5 Å². The molecule has 0 saturated heterocycles. The number of rotatable bonds is 28. The van der Waals surface area contributed by atoms with Crippen LogP contribution in [0.2, 0.25) is 0 Å². The van der Waals surface area contributed by atoms with Gasteiger partial charge < -0.3 is 37.9 Å². The van der Waals surface area contributed by atoms with Gasteiger partial charge in [-0.1, -0.05) is 48.5 Å². The molecule has 5 rings (SSSR count). The minimum atomic E-state index is 0.258. The number of aldehydes is 4. The first-order valence-electron chi connectivity index (χ1n) is 19.0. The monoisotopic (exact) mass is 790 g/mol. The maximum absolute atomic E-state index is 11.4. The standard InChI is InChI=1S/C46H46O12/c47-31-35-13-1-5-17-39(35)51-21-9-25-55-43-29-45(57-27-11-23-53-41-19-7-3-15-37(41)33-49)46(58-28-12-24-54-42-20-8-4-16-38(42)34-50)30-44(43)56-26-10-22-52-40-18-6-2-14-36(40)32-48/h1-8,13-20,29-34H,9-12,21-28H2. The number of ether oxygens (including phenoxy) is 8. The Kier molecular flexibility index (Phi) is 17.5. The Balaban J connectivity index is 1.26. The molecule has 0 atom stereocenters. The number of hydrogen-bond acceptors (Lipinski definition) is 12. The molecule has 0 aliphatic rings. The lowest BCUT2D eigenvalue weighted by molar-refractivity contribution is 0.111. The maximum atomic E-state index is 11.4. The molecule has 0 heterocycles. The summed E-state index contributed by atoms with van der Waals surface area (Å²) in [5, 5.41) is 0. The van der Waals surface area contributed by atoms with Crippen molar-refractivity contribution in [2.45, 2.75) is 25.7 Å². The second kappa shape index (κ2) is 24.0. The molecule has 0 fully saturated rings. The van der Waals surface area contributed by atoms with Gasteiger partial charge in [-0.25, -0.2) is 0 Å². The van der Waals surface area contributed by atoms with Gasteiger partial charge in [0.25, 0.3) is 0 Å². The Labute approximate surface area is 337 Å². The van der Waals surface area contributed by atoms with Gasteiger partial charge in [0.05, 0.1) is 75.1 Å². The number of hydrogen-bond donors (Lipinski definition) is 0. The van der Waals surface area contributed by atoms with Crippen LogP contribution in [0.3, 0.4) is 0 Å². The largest absolute Gasteiger partial charge is 0.493 e. The van der Waals surface area contributed by atoms with Crippen LogP contribution in [0, 0.1) is 0 Å². The fourth-order valence-corrected chi connectivity index (χ4v) is 5.50. The Bertz CT molecular complexity index is 1770. The summed E-state index contributed by atoms with van der Waals surface area (Å²) in [7, 11) is 0. The van der Waals surface area contributed by atoms with E-state index in [9.17, 15) is 19.2 Å². The van der Waals surface area contributed by atoms with Gasteiger partial charge >= 0.3 is 0 Å². The summed E-state index contributed by atoms with van der Waals surface area (Å²) in [6.07, 6.45) is 5.00. The van der Waals surface area contributed by atoms with Crippen LogP contribution in [0.15, 0.2) is 109 Å². The Hall–Kier alpha value is -6.82. The Morgan fingerprint density at radius 1 is 0.276 bits per heavy atom. The smallest absolute Gasteiger partial charge is 0.165 e. The molecule has 302 valence electrons. The van der Waals surface area contributed by atoms with Crippen molar-refractivity contribution in [3.05, 3.63) is 131 Å². The van der Waals surface area contributed by atoms with E-state index >= 15 is 0 Å². The van der Waals surface area contributed by atoms with E-state index in [-0.39, 0.29) is 26.4 Å². The fourth-order valence-electron chi connectivity index (χ4n) is 5.50. The first-order chi connectivity index (χ1) is 28.6. The second-order valence-corrected chi connectivity index (χ2v) is 12.6. The average molecular weight is 791 g/mol. The van der Waals surface area contributed by atoms with Gasteiger partial charge in [0.15, 0.2) is 48.1 Å². The summed E-state index contributed by atoms with van der Waals surface area (Å²) in [5.74, 6) is 3.62. The molecule has 0 saturated carbocycles. The predicted octanol–water partition coefficient (Wildman–Crippen LogP) is 8.33. The number of para-hydroxylation sites is 4. The van der Waals surface area contributed by atoms with E-state index in [1.165, 1.54) is 0 Å². The molecule has 0 spiro atoms. The molecule has 0 radical (unpaired) electrons. The molecular weight excluding hydrogens is 744 g/mol. The minimum absolute atomic E-state index is 0.258. The van der Waals surface area contributed by atoms with Gasteiger partial charge in [-0.3, -0.25) is 19.2 Å². The van der Waals surface area contributed by atoms with Crippen molar-refractivity contribution < 1.29 is 57.1 Å².